The molecule has 31 heavy (non-hydrogen) atoms. The highest BCUT2D eigenvalue weighted by molar-refractivity contribution is 7.89. The standard InChI is InChI=1S/C22H26ClFN2O4S/c1-15-3-6-21(30-2)17(13-15)7-10-25-22(27)16-8-11-26(12-9-16)31(28,29)18-4-5-20(24)19(23)14-18/h3-6,13-14,16H,7-12H2,1-2H3,(H,25,27). The average Bonchev–Trinajstić information content (AvgIpc) is 2.75. The van der Waals surface area contributed by atoms with Gasteiger partial charge in [-0.25, -0.2) is 12.8 Å². The Morgan fingerprint density at radius 2 is 1.94 bits per heavy atom. The lowest BCUT2D eigenvalue weighted by Crippen LogP contribution is -2.43. The lowest BCUT2D eigenvalue weighted by molar-refractivity contribution is -0.126. The number of piperidine rings is 1. The number of rotatable bonds is 7. The van der Waals surface area contributed by atoms with Crippen molar-refractivity contribution in [2.75, 3.05) is 26.7 Å². The van der Waals surface area contributed by atoms with Crippen LogP contribution >= 0.6 is 11.6 Å². The first kappa shape index (κ1) is 23.5. The van der Waals surface area contributed by atoms with Crippen molar-refractivity contribution in [2.24, 2.45) is 5.92 Å². The molecule has 0 unspecified atom stereocenters. The van der Waals surface area contributed by atoms with Gasteiger partial charge in [-0.15, -0.1) is 0 Å². The van der Waals surface area contributed by atoms with Gasteiger partial charge in [0.1, 0.15) is 11.6 Å². The van der Waals surface area contributed by atoms with E-state index >= 15 is 0 Å². The number of sulfonamides is 1. The highest BCUT2D eigenvalue weighted by Crippen LogP contribution is 2.26. The first-order valence-electron chi connectivity index (χ1n) is 10.1. The number of carbonyl (C=O) groups excluding carboxylic acids is 1. The normalized spacial score (nSPS) is 15.6. The molecule has 1 amide bonds. The third-order valence-corrected chi connectivity index (χ3v) is 7.67. The van der Waals surface area contributed by atoms with Crippen LogP contribution in [-0.4, -0.2) is 45.4 Å². The minimum absolute atomic E-state index is 0.0473. The van der Waals surface area contributed by atoms with E-state index < -0.39 is 15.8 Å². The molecule has 0 radical (unpaired) electrons. The van der Waals surface area contributed by atoms with Gasteiger partial charge in [0.25, 0.3) is 0 Å². The molecule has 9 heteroatoms. The summed E-state index contributed by atoms with van der Waals surface area (Å²) in [4.78, 5) is 12.5. The molecule has 0 aromatic heterocycles. The average molecular weight is 469 g/mol. The maximum absolute atomic E-state index is 13.3. The molecule has 2 aromatic rings. The van der Waals surface area contributed by atoms with E-state index in [9.17, 15) is 17.6 Å². The van der Waals surface area contributed by atoms with Gasteiger partial charge < -0.3 is 10.1 Å². The van der Waals surface area contributed by atoms with E-state index in [4.69, 9.17) is 16.3 Å². The van der Waals surface area contributed by atoms with Crippen LogP contribution in [0.15, 0.2) is 41.3 Å². The fourth-order valence-corrected chi connectivity index (χ4v) is 5.45. The summed E-state index contributed by atoms with van der Waals surface area (Å²) in [7, 11) is -2.16. The van der Waals surface area contributed by atoms with E-state index in [0.717, 1.165) is 29.0 Å². The van der Waals surface area contributed by atoms with Crippen molar-refractivity contribution in [3.05, 3.63) is 58.4 Å². The van der Waals surface area contributed by atoms with E-state index in [1.807, 2.05) is 25.1 Å². The monoisotopic (exact) mass is 468 g/mol. The zero-order valence-corrected chi connectivity index (χ0v) is 19.1. The molecule has 1 N–H and O–H groups in total. The third-order valence-electron chi connectivity index (χ3n) is 5.48. The van der Waals surface area contributed by atoms with Gasteiger partial charge in [0.05, 0.1) is 17.0 Å². The van der Waals surface area contributed by atoms with Crippen molar-refractivity contribution in [1.82, 2.24) is 9.62 Å². The van der Waals surface area contributed by atoms with Crippen LogP contribution in [0.5, 0.6) is 5.75 Å². The maximum atomic E-state index is 13.3. The zero-order chi connectivity index (χ0) is 22.6. The lowest BCUT2D eigenvalue weighted by atomic mass is 9.97. The van der Waals surface area contributed by atoms with Crippen LogP contribution in [0.2, 0.25) is 5.02 Å². The van der Waals surface area contributed by atoms with Gasteiger partial charge in [0, 0.05) is 25.6 Å². The van der Waals surface area contributed by atoms with Crippen LogP contribution < -0.4 is 10.1 Å². The van der Waals surface area contributed by atoms with Crippen molar-refractivity contribution in [1.29, 1.82) is 0 Å². The Kier molecular flexibility index (Phi) is 7.56. The molecule has 0 aliphatic carbocycles. The smallest absolute Gasteiger partial charge is 0.243 e. The number of halogens is 2. The quantitative estimate of drug-likeness (QED) is 0.674. The number of amides is 1. The summed E-state index contributed by atoms with van der Waals surface area (Å²) >= 11 is 5.73. The molecule has 2 aromatic carbocycles. The topological polar surface area (TPSA) is 75.7 Å². The molecule has 1 aliphatic heterocycles. The predicted molar refractivity (Wildman–Crippen MR) is 117 cm³/mol. The van der Waals surface area contributed by atoms with E-state index in [2.05, 4.69) is 5.32 Å². The summed E-state index contributed by atoms with van der Waals surface area (Å²) < 4.78 is 45.6. The Balaban J connectivity index is 1.53. The third kappa shape index (κ3) is 5.56. The van der Waals surface area contributed by atoms with Crippen molar-refractivity contribution in [3.63, 3.8) is 0 Å². The highest BCUT2D eigenvalue weighted by Gasteiger charge is 2.32. The molecular formula is C22H26ClFN2O4S. The molecular weight excluding hydrogens is 443 g/mol. The number of nitrogens with one attached hydrogen (secondary N) is 1. The molecule has 0 saturated carbocycles. The Morgan fingerprint density at radius 3 is 2.58 bits per heavy atom. The fourth-order valence-electron chi connectivity index (χ4n) is 3.71. The van der Waals surface area contributed by atoms with Crippen LogP contribution in [0.4, 0.5) is 4.39 Å². The fraction of sp³-hybridized carbons (Fsp3) is 0.409. The Hall–Kier alpha value is -2.16. The van der Waals surface area contributed by atoms with E-state index in [-0.39, 0.29) is 34.8 Å². The first-order valence-corrected chi connectivity index (χ1v) is 11.9. The largest absolute Gasteiger partial charge is 0.496 e. The van der Waals surface area contributed by atoms with Gasteiger partial charge in [-0.1, -0.05) is 29.3 Å². The summed E-state index contributed by atoms with van der Waals surface area (Å²) in [5.74, 6) is -0.199. The molecule has 1 aliphatic rings. The van der Waals surface area contributed by atoms with Crippen LogP contribution in [0.25, 0.3) is 0 Å². The molecule has 0 bridgehead atoms. The summed E-state index contributed by atoms with van der Waals surface area (Å²) in [6.45, 7) is 2.93. The second-order valence-corrected chi connectivity index (χ2v) is 9.96. The predicted octanol–water partition coefficient (Wildman–Crippen LogP) is 3.56. The Bertz CT molecular complexity index is 1050. The number of aryl methyl sites for hydroxylation is 1. The lowest BCUT2D eigenvalue weighted by Gasteiger charge is -2.30. The summed E-state index contributed by atoms with van der Waals surface area (Å²) in [5, 5.41) is 2.71. The molecule has 3 rings (SSSR count). The summed E-state index contributed by atoms with van der Waals surface area (Å²) in [6, 6.07) is 9.29. The number of hydrogen-bond donors (Lipinski definition) is 1. The number of ether oxygens (including phenoxy) is 1. The van der Waals surface area contributed by atoms with Crippen LogP contribution in [0.3, 0.4) is 0 Å². The van der Waals surface area contributed by atoms with Gasteiger partial charge in [-0.05, 0) is 56.0 Å². The number of nitrogens with zero attached hydrogens (tertiary/aromatic N) is 1. The molecule has 1 fully saturated rings. The molecule has 168 valence electrons. The number of carbonyl (C=O) groups is 1. The molecule has 6 nitrogen and oxygen atoms in total. The van der Waals surface area contributed by atoms with Gasteiger partial charge in [0.15, 0.2) is 0 Å². The van der Waals surface area contributed by atoms with Crippen molar-refractivity contribution < 1.29 is 22.3 Å². The molecule has 0 atom stereocenters. The molecule has 1 heterocycles. The maximum Gasteiger partial charge on any atom is 0.243 e. The van der Waals surface area contributed by atoms with E-state index in [1.165, 1.54) is 10.4 Å². The second-order valence-electron chi connectivity index (χ2n) is 7.61. The Labute approximate surface area is 187 Å². The zero-order valence-electron chi connectivity index (χ0n) is 17.5. The second kappa shape index (κ2) is 9.97. The van der Waals surface area contributed by atoms with E-state index in [0.29, 0.717) is 25.8 Å². The number of methoxy groups -OCH3 is 1. The van der Waals surface area contributed by atoms with Gasteiger partial charge in [-0.2, -0.15) is 4.31 Å². The Morgan fingerprint density at radius 1 is 1.23 bits per heavy atom. The summed E-state index contributed by atoms with van der Waals surface area (Å²) in [5.41, 5.74) is 2.15. The van der Waals surface area contributed by atoms with Gasteiger partial charge in [0.2, 0.25) is 15.9 Å². The van der Waals surface area contributed by atoms with E-state index in [1.54, 1.807) is 7.11 Å². The van der Waals surface area contributed by atoms with Crippen molar-refractivity contribution in [3.8, 4) is 5.75 Å². The SMILES string of the molecule is COc1ccc(C)cc1CCNC(=O)C1CCN(S(=O)(=O)c2ccc(F)c(Cl)c2)CC1. The minimum Gasteiger partial charge on any atom is -0.496 e. The van der Waals surface area contributed by atoms with Crippen molar-refractivity contribution in [2.45, 2.75) is 31.1 Å². The minimum atomic E-state index is -3.78. The molecule has 1 saturated heterocycles. The first-order chi connectivity index (χ1) is 14.7. The number of benzene rings is 2. The molecule has 0 spiro atoms. The highest BCUT2D eigenvalue weighted by atomic mass is 35.5. The summed E-state index contributed by atoms with van der Waals surface area (Å²) in [6.07, 6.45) is 1.50. The number of hydrogen-bond acceptors (Lipinski definition) is 4. The van der Waals surface area contributed by atoms with Crippen LogP contribution in [0.1, 0.15) is 24.0 Å². The van der Waals surface area contributed by atoms with Gasteiger partial charge >= 0.3 is 0 Å². The van der Waals surface area contributed by atoms with Crippen molar-refractivity contribution >= 4 is 27.5 Å². The van der Waals surface area contributed by atoms with Gasteiger partial charge in [-0.3, -0.25) is 4.79 Å². The van der Waals surface area contributed by atoms with Crippen LogP contribution in [0, 0.1) is 18.7 Å². The van der Waals surface area contributed by atoms with Crippen LogP contribution in [-0.2, 0) is 21.2 Å².